The lowest BCUT2D eigenvalue weighted by Gasteiger charge is -2.07. The Balaban J connectivity index is 1.44. The predicted molar refractivity (Wildman–Crippen MR) is 127 cm³/mol. The van der Waals surface area contributed by atoms with E-state index in [1.165, 1.54) is 6.08 Å². The molecule has 0 fully saturated rings. The summed E-state index contributed by atoms with van der Waals surface area (Å²) in [6.45, 7) is 1.53. The first-order chi connectivity index (χ1) is 15.6. The van der Waals surface area contributed by atoms with Crippen LogP contribution in [-0.2, 0) is 14.3 Å². The summed E-state index contributed by atoms with van der Waals surface area (Å²) in [6, 6.07) is 21.1. The molecule has 1 amide bonds. The summed E-state index contributed by atoms with van der Waals surface area (Å²) in [5.74, 6) is -0.994. The molecule has 4 aromatic rings. The number of nitrogens with one attached hydrogen (secondary N) is 1. The predicted octanol–water partition coefficient (Wildman–Crippen LogP) is 5.10. The van der Waals surface area contributed by atoms with Crippen LogP contribution in [-0.4, -0.2) is 28.3 Å². The zero-order valence-electron chi connectivity index (χ0n) is 17.4. The number of rotatable bonds is 7. The Morgan fingerprint density at radius 2 is 1.84 bits per heavy atom. The Labute approximate surface area is 189 Å². The highest BCUT2D eigenvalue weighted by Gasteiger charge is 2.12. The summed E-state index contributed by atoms with van der Waals surface area (Å²) in [6.07, 6.45) is 4.83. The molecule has 4 rings (SSSR count). The Morgan fingerprint density at radius 1 is 1.06 bits per heavy atom. The zero-order valence-corrected chi connectivity index (χ0v) is 18.2. The second-order valence-corrected chi connectivity index (χ2v) is 7.94. The number of carbonyl (C=O) groups is 2. The number of anilines is 1. The van der Waals surface area contributed by atoms with Crippen molar-refractivity contribution >= 4 is 35.0 Å². The first kappa shape index (κ1) is 21.3. The molecule has 0 unspecified atom stereocenters. The summed E-state index contributed by atoms with van der Waals surface area (Å²) in [5, 5.41) is 9.40. The fourth-order valence-corrected chi connectivity index (χ4v) is 3.80. The molecule has 7 heteroatoms. The number of thiophene rings is 1. The number of aromatic nitrogens is 2. The summed E-state index contributed by atoms with van der Waals surface area (Å²) in [5.41, 5.74) is 4.09. The van der Waals surface area contributed by atoms with Gasteiger partial charge in [-0.05, 0) is 48.2 Å². The van der Waals surface area contributed by atoms with E-state index in [2.05, 4.69) is 10.4 Å². The number of benzene rings is 2. The van der Waals surface area contributed by atoms with Crippen molar-refractivity contribution in [2.24, 2.45) is 0 Å². The van der Waals surface area contributed by atoms with Gasteiger partial charge in [0.2, 0.25) is 0 Å². The maximum absolute atomic E-state index is 12.2. The number of hydrogen-bond acceptors (Lipinski definition) is 5. The van der Waals surface area contributed by atoms with Crippen LogP contribution < -0.4 is 5.32 Å². The molecule has 160 valence electrons. The van der Waals surface area contributed by atoms with Crippen LogP contribution in [0.2, 0.25) is 0 Å². The standard InChI is InChI=1S/C25H21N3O3S/c1-18-8-5-6-11-21(18)26-23(29)17-31-24(30)14-13-19-16-28(20-9-3-2-4-10-20)27-25(19)22-12-7-15-32-22/h2-16H,17H2,1H3,(H,26,29)/b14-13+. The smallest absolute Gasteiger partial charge is 0.331 e. The Kier molecular flexibility index (Phi) is 6.57. The van der Waals surface area contributed by atoms with Crippen molar-refractivity contribution in [3.63, 3.8) is 0 Å². The van der Waals surface area contributed by atoms with Gasteiger partial charge in [0.15, 0.2) is 6.61 Å². The molecule has 2 aromatic carbocycles. The van der Waals surface area contributed by atoms with E-state index in [0.29, 0.717) is 5.69 Å². The molecule has 0 aliphatic carbocycles. The van der Waals surface area contributed by atoms with Crippen molar-refractivity contribution in [2.45, 2.75) is 6.92 Å². The molecule has 2 heterocycles. The molecular formula is C25H21N3O3S. The third kappa shape index (κ3) is 5.19. The Hall–Kier alpha value is -3.97. The lowest BCUT2D eigenvalue weighted by molar-refractivity contribution is -0.142. The summed E-state index contributed by atoms with van der Waals surface area (Å²) in [4.78, 5) is 25.3. The number of carbonyl (C=O) groups excluding carboxylic acids is 2. The van der Waals surface area contributed by atoms with Crippen molar-refractivity contribution in [3.8, 4) is 16.3 Å². The molecule has 2 aromatic heterocycles. The van der Waals surface area contributed by atoms with Crippen LogP contribution >= 0.6 is 11.3 Å². The molecule has 0 aliphatic rings. The van der Waals surface area contributed by atoms with Crippen molar-refractivity contribution in [1.29, 1.82) is 0 Å². The minimum atomic E-state index is -0.602. The van der Waals surface area contributed by atoms with Crippen molar-refractivity contribution < 1.29 is 14.3 Å². The molecule has 0 bridgehead atoms. The molecule has 32 heavy (non-hydrogen) atoms. The second kappa shape index (κ2) is 9.89. The summed E-state index contributed by atoms with van der Waals surface area (Å²) < 4.78 is 6.87. The van der Waals surface area contributed by atoms with E-state index in [9.17, 15) is 9.59 Å². The SMILES string of the molecule is Cc1ccccc1NC(=O)COC(=O)/C=C/c1cn(-c2ccccc2)nc1-c1cccs1. The van der Waals surface area contributed by atoms with E-state index in [4.69, 9.17) is 4.74 Å². The van der Waals surface area contributed by atoms with E-state index in [0.717, 1.165) is 27.4 Å². The average Bonchev–Trinajstić information content (AvgIpc) is 3.48. The van der Waals surface area contributed by atoms with Crippen LogP contribution in [0.5, 0.6) is 0 Å². The molecule has 0 radical (unpaired) electrons. The van der Waals surface area contributed by atoms with Crippen molar-refractivity contribution in [3.05, 3.63) is 95.5 Å². The number of nitrogens with zero attached hydrogens (tertiary/aromatic N) is 2. The number of para-hydroxylation sites is 2. The van der Waals surface area contributed by atoms with Gasteiger partial charge in [-0.25, -0.2) is 9.48 Å². The third-order valence-electron chi connectivity index (χ3n) is 4.68. The maximum Gasteiger partial charge on any atom is 0.331 e. The third-order valence-corrected chi connectivity index (χ3v) is 5.56. The quantitative estimate of drug-likeness (QED) is 0.318. The van der Waals surface area contributed by atoms with Gasteiger partial charge in [0, 0.05) is 23.5 Å². The van der Waals surface area contributed by atoms with Gasteiger partial charge in [-0.1, -0.05) is 42.5 Å². The first-order valence-corrected chi connectivity index (χ1v) is 10.9. The highest BCUT2D eigenvalue weighted by atomic mass is 32.1. The summed E-state index contributed by atoms with van der Waals surface area (Å²) >= 11 is 1.57. The summed E-state index contributed by atoms with van der Waals surface area (Å²) in [7, 11) is 0. The van der Waals surface area contributed by atoms with Gasteiger partial charge >= 0.3 is 5.97 Å². The Bertz CT molecular complexity index is 1240. The average molecular weight is 444 g/mol. The molecule has 0 aliphatic heterocycles. The monoisotopic (exact) mass is 443 g/mol. The van der Waals surface area contributed by atoms with Gasteiger partial charge in [0.1, 0.15) is 5.69 Å². The van der Waals surface area contributed by atoms with Gasteiger partial charge in [0.25, 0.3) is 5.91 Å². The number of esters is 1. The van der Waals surface area contributed by atoms with Gasteiger partial charge < -0.3 is 10.1 Å². The van der Waals surface area contributed by atoms with E-state index in [1.54, 1.807) is 28.2 Å². The maximum atomic E-state index is 12.2. The normalized spacial score (nSPS) is 10.9. The minimum absolute atomic E-state index is 0.363. The molecule has 0 atom stereocenters. The zero-order chi connectivity index (χ0) is 22.3. The van der Waals surface area contributed by atoms with Crippen molar-refractivity contribution in [2.75, 3.05) is 11.9 Å². The van der Waals surface area contributed by atoms with Crippen molar-refractivity contribution in [1.82, 2.24) is 9.78 Å². The number of aryl methyl sites for hydroxylation is 1. The Morgan fingerprint density at radius 3 is 2.59 bits per heavy atom. The number of ether oxygens (including phenoxy) is 1. The number of hydrogen-bond donors (Lipinski definition) is 1. The highest BCUT2D eigenvalue weighted by molar-refractivity contribution is 7.13. The van der Waals surface area contributed by atoms with Crippen LogP contribution in [0.1, 0.15) is 11.1 Å². The molecular weight excluding hydrogens is 422 g/mol. The molecule has 0 spiro atoms. The molecule has 0 saturated heterocycles. The topological polar surface area (TPSA) is 73.2 Å². The molecule has 6 nitrogen and oxygen atoms in total. The first-order valence-electron chi connectivity index (χ1n) is 9.99. The van der Waals surface area contributed by atoms with E-state index >= 15 is 0 Å². The van der Waals surface area contributed by atoms with Gasteiger partial charge in [-0.3, -0.25) is 4.79 Å². The van der Waals surface area contributed by atoms with Crippen LogP contribution in [0.15, 0.2) is 84.4 Å². The van der Waals surface area contributed by atoms with E-state index in [-0.39, 0.29) is 6.61 Å². The van der Waals surface area contributed by atoms with Gasteiger partial charge in [-0.2, -0.15) is 5.10 Å². The fraction of sp³-hybridized carbons (Fsp3) is 0.0800. The molecule has 0 saturated carbocycles. The van der Waals surface area contributed by atoms with Gasteiger partial charge in [0.05, 0.1) is 10.6 Å². The van der Waals surface area contributed by atoms with E-state index < -0.39 is 11.9 Å². The van der Waals surface area contributed by atoms with Crippen LogP contribution in [0, 0.1) is 6.92 Å². The fourth-order valence-electron chi connectivity index (χ4n) is 3.07. The van der Waals surface area contributed by atoms with Gasteiger partial charge in [-0.15, -0.1) is 11.3 Å². The van der Waals surface area contributed by atoms with Crippen LogP contribution in [0.3, 0.4) is 0 Å². The number of amides is 1. The highest BCUT2D eigenvalue weighted by Crippen LogP contribution is 2.28. The molecule has 1 N–H and O–H groups in total. The largest absolute Gasteiger partial charge is 0.452 e. The minimum Gasteiger partial charge on any atom is -0.452 e. The lowest BCUT2D eigenvalue weighted by atomic mass is 10.2. The second-order valence-electron chi connectivity index (χ2n) is 6.99. The lowest BCUT2D eigenvalue weighted by Crippen LogP contribution is -2.20. The van der Waals surface area contributed by atoms with Crippen LogP contribution in [0.4, 0.5) is 5.69 Å². The van der Waals surface area contributed by atoms with E-state index in [1.807, 2.05) is 79.2 Å². The van der Waals surface area contributed by atoms with Crippen LogP contribution in [0.25, 0.3) is 22.3 Å².